The van der Waals surface area contributed by atoms with Crippen molar-refractivity contribution in [3.05, 3.63) is 47.1 Å². The van der Waals surface area contributed by atoms with Gasteiger partial charge in [-0.05, 0) is 24.3 Å². The number of ether oxygens (including phenoxy) is 1. The molecular formula is C12H12FNOS. The van der Waals surface area contributed by atoms with Crippen LogP contribution in [0.1, 0.15) is 4.88 Å². The molecule has 2 nitrogen and oxygen atoms in total. The van der Waals surface area contributed by atoms with Crippen molar-refractivity contribution in [2.24, 2.45) is 0 Å². The van der Waals surface area contributed by atoms with Gasteiger partial charge < -0.3 is 10.1 Å². The second kappa shape index (κ2) is 4.99. The first-order chi connectivity index (χ1) is 7.79. The number of para-hydroxylation sites is 1. The zero-order valence-electron chi connectivity index (χ0n) is 8.87. The van der Waals surface area contributed by atoms with E-state index < -0.39 is 0 Å². The zero-order chi connectivity index (χ0) is 11.4. The van der Waals surface area contributed by atoms with Gasteiger partial charge >= 0.3 is 0 Å². The largest absolute Gasteiger partial charge is 0.487 e. The molecule has 0 fully saturated rings. The van der Waals surface area contributed by atoms with Crippen molar-refractivity contribution in [1.29, 1.82) is 0 Å². The standard InChI is InChI=1S/C12H12FNOS/c1-15-12-7-6-9(16-12)8-14-11-5-3-2-4-10(11)13/h2-7,14H,8H2,1H3. The molecule has 2 rings (SSSR count). The summed E-state index contributed by atoms with van der Waals surface area (Å²) in [4.78, 5) is 1.11. The summed E-state index contributed by atoms with van der Waals surface area (Å²) in [6.07, 6.45) is 0. The minimum absolute atomic E-state index is 0.231. The van der Waals surface area contributed by atoms with Crippen LogP contribution in [0.3, 0.4) is 0 Å². The van der Waals surface area contributed by atoms with Crippen LogP contribution in [0.25, 0.3) is 0 Å². The van der Waals surface area contributed by atoms with Crippen LogP contribution < -0.4 is 10.1 Å². The predicted molar refractivity (Wildman–Crippen MR) is 64.6 cm³/mol. The molecule has 0 aliphatic carbocycles. The first kappa shape index (κ1) is 11.0. The molecule has 0 unspecified atom stereocenters. The Bertz CT molecular complexity index is 470. The number of halogens is 1. The molecule has 0 bridgehead atoms. The summed E-state index contributed by atoms with van der Waals surface area (Å²) >= 11 is 1.55. The summed E-state index contributed by atoms with van der Waals surface area (Å²) < 4.78 is 18.4. The van der Waals surface area contributed by atoms with Gasteiger partial charge in [-0.2, -0.15) is 0 Å². The fraction of sp³-hybridized carbons (Fsp3) is 0.167. The van der Waals surface area contributed by atoms with E-state index in [1.807, 2.05) is 12.1 Å². The molecule has 1 aromatic heterocycles. The van der Waals surface area contributed by atoms with Crippen LogP contribution in [0.2, 0.25) is 0 Å². The Hall–Kier alpha value is -1.55. The van der Waals surface area contributed by atoms with Gasteiger partial charge in [0.1, 0.15) is 5.82 Å². The quantitative estimate of drug-likeness (QED) is 0.878. The number of hydrogen-bond acceptors (Lipinski definition) is 3. The molecule has 1 N–H and O–H groups in total. The molecule has 1 aromatic carbocycles. The van der Waals surface area contributed by atoms with Gasteiger partial charge in [-0.25, -0.2) is 4.39 Å². The monoisotopic (exact) mass is 237 g/mol. The Balaban J connectivity index is 1.99. The van der Waals surface area contributed by atoms with E-state index in [9.17, 15) is 4.39 Å². The second-order valence-corrected chi connectivity index (χ2v) is 4.39. The van der Waals surface area contributed by atoms with Gasteiger partial charge in [0.2, 0.25) is 0 Å². The first-order valence-electron chi connectivity index (χ1n) is 4.90. The van der Waals surface area contributed by atoms with E-state index in [1.54, 1.807) is 36.6 Å². The summed E-state index contributed by atoms with van der Waals surface area (Å²) in [5, 5.41) is 3.91. The molecule has 2 aromatic rings. The highest BCUT2D eigenvalue weighted by Gasteiger charge is 2.02. The van der Waals surface area contributed by atoms with E-state index in [2.05, 4.69) is 5.32 Å². The molecule has 0 saturated heterocycles. The van der Waals surface area contributed by atoms with Crippen LogP contribution in [0.15, 0.2) is 36.4 Å². The highest BCUT2D eigenvalue weighted by Crippen LogP contribution is 2.24. The van der Waals surface area contributed by atoms with E-state index in [-0.39, 0.29) is 5.82 Å². The van der Waals surface area contributed by atoms with E-state index in [4.69, 9.17) is 4.74 Å². The highest BCUT2D eigenvalue weighted by atomic mass is 32.1. The van der Waals surface area contributed by atoms with Gasteiger partial charge in [0.15, 0.2) is 5.06 Å². The number of rotatable bonds is 4. The third-order valence-electron chi connectivity index (χ3n) is 2.17. The van der Waals surface area contributed by atoms with Gasteiger partial charge in [0.05, 0.1) is 12.8 Å². The predicted octanol–water partition coefficient (Wildman–Crippen LogP) is 3.51. The van der Waals surface area contributed by atoms with Crippen molar-refractivity contribution in [2.75, 3.05) is 12.4 Å². The summed E-state index contributed by atoms with van der Waals surface area (Å²) in [5.74, 6) is -0.231. The number of methoxy groups -OCH3 is 1. The van der Waals surface area contributed by atoms with Crippen LogP contribution in [-0.2, 0) is 6.54 Å². The lowest BCUT2D eigenvalue weighted by Crippen LogP contribution is -1.99. The highest BCUT2D eigenvalue weighted by molar-refractivity contribution is 7.13. The molecule has 4 heteroatoms. The van der Waals surface area contributed by atoms with Gasteiger partial charge in [-0.1, -0.05) is 12.1 Å². The Morgan fingerprint density at radius 3 is 2.75 bits per heavy atom. The van der Waals surface area contributed by atoms with Crippen molar-refractivity contribution in [2.45, 2.75) is 6.54 Å². The Morgan fingerprint density at radius 2 is 2.06 bits per heavy atom. The molecule has 84 valence electrons. The molecule has 1 heterocycles. The molecule has 0 atom stereocenters. The molecule has 0 spiro atoms. The van der Waals surface area contributed by atoms with Crippen LogP contribution in [0.4, 0.5) is 10.1 Å². The smallest absolute Gasteiger partial charge is 0.173 e. The average molecular weight is 237 g/mol. The van der Waals surface area contributed by atoms with Gasteiger partial charge in [0, 0.05) is 11.4 Å². The Kier molecular flexibility index (Phi) is 3.41. The van der Waals surface area contributed by atoms with Crippen LogP contribution >= 0.6 is 11.3 Å². The maximum absolute atomic E-state index is 13.3. The Labute approximate surface area is 97.7 Å². The van der Waals surface area contributed by atoms with Crippen LogP contribution in [0.5, 0.6) is 5.06 Å². The van der Waals surface area contributed by atoms with E-state index >= 15 is 0 Å². The third kappa shape index (κ3) is 2.52. The van der Waals surface area contributed by atoms with Crippen molar-refractivity contribution in [3.8, 4) is 5.06 Å². The fourth-order valence-corrected chi connectivity index (χ4v) is 2.11. The van der Waals surface area contributed by atoms with E-state index in [0.29, 0.717) is 12.2 Å². The number of thiophene rings is 1. The third-order valence-corrected chi connectivity index (χ3v) is 3.21. The summed E-state index contributed by atoms with van der Waals surface area (Å²) in [7, 11) is 1.64. The topological polar surface area (TPSA) is 21.3 Å². The van der Waals surface area contributed by atoms with E-state index in [0.717, 1.165) is 9.94 Å². The minimum atomic E-state index is -0.231. The lowest BCUT2D eigenvalue weighted by molar-refractivity contribution is 0.427. The summed E-state index contributed by atoms with van der Waals surface area (Å²) in [5.41, 5.74) is 0.523. The minimum Gasteiger partial charge on any atom is -0.487 e. The van der Waals surface area contributed by atoms with E-state index in [1.165, 1.54) is 6.07 Å². The maximum atomic E-state index is 13.3. The van der Waals surface area contributed by atoms with Gasteiger partial charge in [-0.3, -0.25) is 0 Å². The zero-order valence-corrected chi connectivity index (χ0v) is 9.68. The van der Waals surface area contributed by atoms with Gasteiger partial charge in [0.25, 0.3) is 0 Å². The molecule has 0 amide bonds. The number of nitrogens with one attached hydrogen (secondary N) is 1. The average Bonchev–Trinajstić information content (AvgIpc) is 2.76. The lowest BCUT2D eigenvalue weighted by atomic mass is 10.3. The summed E-state index contributed by atoms with van der Waals surface area (Å²) in [6, 6.07) is 10.5. The maximum Gasteiger partial charge on any atom is 0.173 e. The number of anilines is 1. The van der Waals surface area contributed by atoms with Crippen LogP contribution in [-0.4, -0.2) is 7.11 Å². The first-order valence-corrected chi connectivity index (χ1v) is 5.72. The summed E-state index contributed by atoms with van der Waals surface area (Å²) in [6.45, 7) is 0.606. The number of benzene rings is 1. The van der Waals surface area contributed by atoms with Gasteiger partial charge in [-0.15, -0.1) is 11.3 Å². The molecular weight excluding hydrogens is 225 g/mol. The lowest BCUT2D eigenvalue weighted by Gasteiger charge is -2.05. The van der Waals surface area contributed by atoms with Crippen LogP contribution in [0, 0.1) is 5.82 Å². The second-order valence-electron chi connectivity index (χ2n) is 3.26. The van der Waals surface area contributed by atoms with Crippen molar-refractivity contribution in [3.63, 3.8) is 0 Å². The molecule has 0 saturated carbocycles. The number of hydrogen-bond donors (Lipinski definition) is 1. The van der Waals surface area contributed by atoms with Crippen molar-refractivity contribution in [1.82, 2.24) is 0 Å². The normalized spacial score (nSPS) is 10.1. The molecule has 0 radical (unpaired) electrons. The molecule has 0 aliphatic rings. The molecule has 0 aliphatic heterocycles. The molecule has 16 heavy (non-hydrogen) atoms. The fourth-order valence-electron chi connectivity index (χ4n) is 1.35. The SMILES string of the molecule is COc1ccc(CNc2ccccc2F)s1. The van der Waals surface area contributed by atoms with Crippen molar-refractivity contribution < 1.29 is 9.13 Å². The van der Waals surface area contributed by atoms with Crippen molar-refractivity contribution >= 4 is 17.0 Å². The Morgan fingerprint density at radius 1 is 1.25 bits per heavy atom.